The Kier molecular flexibility index (Phi) is 7.15. The first-order valence-corrected chi connectivity index (χ1v) is 12.0. The van der Waals surface area contributed by atoms with Gasteiger partial charge in [0, 0.05) is 30.5 Å². The smallest absolute Gasteiger partial charge is 0.246 e. The first-order valence-electron chi connectivity index (χ1n) is 10.5. The molecular weight excluding hydrogens is 398 g/mol. The molecule has 0 atom stereocenters. The molecule has 0 aliphatic carbocycles. The van der Waals surface area contributed by atoms with Gasteiger partial charge >= 0.3 is 0 Å². The largest absolute Gasteiger partial charge is 0.376 e. The number of carbonyl (C=O) groups is 1. The summed E-state index contributed by atoms with van der Waals surface area (Å²) in [6.45, 7) is 7.07. The van der Waals surface area contributed by atoms with Gasteiger partial charge in [-0.05, 0) is 63.4 Å². The molecule has 1 amide bonds. The second-order valence-corrected chi connectivity index (χ2v) is 9.93. The van der Waals surface area contributed by atoms with Gasteiger partial charge in [-0.2, -0.15) is 4.31 Å². The Bertz CT molecular complexity index is 968. The zero-order chi connectivity index (χ0) is 21.7. The molecule has 1 aliphatic rings. The zero-order valence-corrected chi connectivity index (χ0v) is 18.8. The Balaban J connectivity index is 1.76. The first-order chi connectivity index (χ1) is 14.3. The van der Waals surface area contributed by atoms with E-state index in [9.17, 15) is 13.2 Å². The van der Waals surface area contributed by atoms with Gasteiger partial charge < -0.3 is 10.2 Å². The highest BCUT2D eigenvalue weighted by atomic mass is 32.2. The van der Waals surface area contributed by atoms with Gasteiger partial charge in [-0.1, -0.05) is 30.7 Å². The molecule has 1 fully saturated rings. The van der Waals surface area contributed by atoms with Crippen LogP contribution < -0.4 is 10.2 Å². The number of sulfonamides is 1. The number of carbonyl (C=O) groups excluding carboxylic acids is 1. The van der Waals surface area contributed by atoms with Crippen LogP contribution in [0.3, 0.4) is 0 Å². The van der Waals surface area contributed by atoms with Crippen molar-refractivity contribution in [3.8, 4) is 0 Å². The van der Waals surface area contributed by atoms with E-state index in [4.69, 9.17) is 0 Å². The van der Waals surface area contributed by atoms with E-state index in [2.05, 4.69) is 5.32 Å². The third-order valence-electron chi connectivity index (χ3n) is 5.41. The van der Waals surface area contributed by atoms with Crippen LogP contribution in [0.15, 0.2) is 53.4 Å². The second kappa shape index (κ2) is 9.62. The van der Waals surface area contributed by atoms with Crippen LogP contribution in [-0.4, -0.2) is 44.3 Å². The van der Waals surface area contributed by atoms with Crippen molar-refractivity contribution >= 4 is 27.3 Å². The fourth-order valence-electron chi connectivity index (χ4n) is 3.78. The Morgan fingerprint density at radius 3 is 2.37 bits per heavy atom. The number of aryl methyl sites for hydroxylation is 1. The van der Waals surface area contributed by atoms with Crippen LogP contribution in [0.1, 0.15) is 38.7 Å². The number of benzene rings is 2. The quantitative estimate of drug-likeness (QED) is 0.722. The number of nitrogens with zero attached hydrogens (tertiary/aromatic N) is 2. The molecule has 30 heavy (non-hydrogen) atoms. The van der Waals surface area contributed by atoms with Crippen LogP contribution in [-0.2, 0) is 14.8 Å². The van der Waals surface area contributed by atoms with Crippen LogP contribution in [0.2, 0.25) is 0 Å². The summed E-state index contributed by atoms with van der Waals surface area (Å²) in [6, 6.07) is 14.7. The van der Waals surface area contributed by atoms with Crippen molar-refractivity contribution in [1.82, 2.24) is 4.31 Å². The fraction of sp³-hybridized carbons (Fsp3) is 0.435. The Hall–Kier alpha value is -2.38. The minimum Gasteiger partial charge on any atom is -0.376 e. The monoisotopic (exact) mass is 429 g/mol. The highest BCUT2D eigenvalue weighted by molar-refractivity contribution is 7.89. The third-order valence-corrected chi connectivity index (χ3v) is 7.31. The van der Waals surface area contributed by atoms with E-state index in [-0.39, 0.29) is 23.4 Å². The van der Waals surface area contributed by atoms with Gasteiger partial charge in [-0.3, -0.25) is 4.79 Å². The second-order valence-electron chi connectivity index (χ2n) is 7.99. The predicted molar refractivity (Wildman–Crippen MR) is 121 cm³/mol. The molecule has 162 valence electrons. The molecule has 0 radical (unpaired) electrons. The highest BCUT2D eigenvalue weighted by Crippen LogP contribution is 2.25. The number of nitrogens with one attached hydrogen (secondary N) is 1. The van der Waals surface area contributed by atoms with Crippen molar-refractivity contribution in [2.45, 2.75) is 51.0 Å². The van der Waals surface area contributed by atoms with Gasteiger partial charge in [0.15, 0.2) is 0 Å². The molecule has 0 saturated carbocycles. The number of para-hydroxylation sites is 1. The molecule has 1 heterocycles. The summed E-state index contributed by atoms with van der Waals surface area (Å²) in [7, 11) is -3.51. The van der Waals surface area contributed by atoms with E-state index >= 15 is 0 Å². The summed E-state index contributed by atoms with van der Waals surface area (Å²) in [5.41, 5.74) is 2.41. The van der Waals surface area contributed by atoms with Crippen molar-refractivity contribution in [2.75, 3.05) is 29.9 Å². The first kappa shape index (κ1) is 22.3. The van der Waals surface area contributed by atoms with E-state index < -0.39 is 10.0 Å². The molecule has 1 aliphatic heterocycles. The standard InChI is InChI=1S/C23H31N3O3S/c1-18(2)26(20-10-6-4-7-11-20)23(27)17-24-22-16-21(13-12-19(22)3)30(28,29)25-14-8-5-9-15-25/h4,6-7,10-13,16,18,24H,5,8-9,14-15,17H2,1-3H3. The summed E-state index contributed by atoms with van der Waals surface area (Å²) in [6.07, 6.45) is 2.87. The average molecular weight is 430 g/mol. The maximum absolute atomic E-state index is 13.0. The summed E-state index contributed by atoms with van der Waals surface area (Å²) in [5.74, 6) is -0.0695. The molecule has 0 aromatic heterocycles. The van der Waals surface area contributed by atoms with Gasteiger partial charge in [-0.15, -0.1) is 0 Å². The summed E-state index contributed by atoms with van der Waals surface area (Å²) in [4.78, 5) is 15.0. The molecule has 2 aromatic carbocycles. The maximum atomic E-state index is 13.0. The van der Waals surface area contributed by atoms with Gasteiger partial charge in [0.2, 0.25) is 15.9 Å². The molecule has 1 saturated heterocycles. The van der Waals surface area contributed by atoms with Crippen molar-refractivity contribution in [2.24, 2.45) is 0 Å². The Morgan fingerprint density at radius 2 is 1.73 bits per heavy atom. The number of amides is 1. The average Bonchev–Trinajstić information content (AvgIpc) is 2.74. The lowest BCUT2D eigenvalue weighted by Gasteiger charge is -2.28. The van der Waals surface area contributed by atoms with E-state index in [1.807, 2.05) is 51.1 Å². The minimum absolute atomic E-state index is 0.00797. The number of anilines is 2. The molecule has 1 N–H and O–H groups in total. The van der Waals surface area contributed by atoms with E-state index in [0.29, 0.717) is 18.8 Å². The maximum Gasteiger partial charge on any atom is 0.246 e. The molecule has 7 heteroatoms. The fourth-order valence-corrected chi connectivity index (χ4v) is 5.32. The third kappa shape index (κ3) is 5.02. The van der Waals surface area contributed by atoms with Crippen LogP contribution in [0.25, 0.3) is 0 Å². The van der Waals surface area contributed by atoms with Gasteiger partial charge in [0.1, 0.15) is 0 Å². The Morgan fingerprint density at radius 1 is 1.07 bits per heavy atom. The van der Waals surface area contributed by atoms with Gasteiger partial charge in [-0.25, -0.2) is 8.42 Å². The van der Waals surface area contributed by atoms with Crippen molar-refractivity contribution in [3.63, 3.8) is 0 Å². The minimum atomic E-state index is -3.51. The lowest BCUT2D eigenvalue weighted by molar-refractivity contribution is -0.117. The molecule has 0 bridgehead atoms. The predicted octanol–water partition coefficient (Wildman–Crippen LogP) is 4.02. The molecule has 3 rings (SSSR count). The topological polar surface area (TPSA) is 69.7 Å². The molecule has 6 nitrogen and oxygen atoms in total. The number of hydrogen-bond donors (Lipinski definition) is 1. The number of piperidine rings is 1. The highest BCUT2D eigenvalue weighted by Gasteiger charge is 2.26. The lowest BCUT2D eigenvalue weighted by atomic mass is 10.2. The summed E-state index contributed by atoms with van der Waals surface area (Å²) >= 11 is 0. The van der Waals surface area contributed by atoms with Gasteiger partial charge in [0.25, 0.3) is 0 Å². The van der Waals surface area contributed by atoms with Crippen LogP contribution >= 0.6 is 0 Å². The number of hydrogen-bond acceptors (Lipinski definition) is 4. The zero-order valence-electron chi connectivity index (χ0n) is 18.0. The molecule has 0 unspecified atom stereocenters. The van der Waals surface area contributed by atoms with Crippen LogP contribution in [0.4, 0.5) is 11.4 Å². The van der Waals surface area contributed by atoms with Crippen molar-refractivity contribution in [3.05, 3.63) is 54.1 Å². The molecular formula is C23H31N3O3S. The van der Waals surface area contributed by atoms with Crippen LogP contribution in [0.5, 0.6) is 0 Å². The summed E-state index contributed by atoms with van der Waals surface area (Å²) < 4.78 is 27.6. The molecule has 0 spiro atoms. The van der Waals surface area contributed by atoms with Crippen molar-refractivity contribution in [1.29, 1.82) is 0 Å². The number of rotatable bonds is 7. The SMILES string of the molecule is Cc1ccc(S(=O)(=O)N2CCCCC2)cc1NCC(=O)N(c1ccccc1)C(C)C. The summed E-state index contributed by atoms with van der Waals surface area (Å²) in [5, 5.41) is 3.16. The Labute approximate surface area is 179 Å². The van der Waals surface area contributed by atoms with E-state index in [0.717, 1.165) is 30.5 Å². The van der Waals surface area contributed by atoms with E-state index in [1.54, 1.807) is 27.4 Å². The van der Waals surface area contributed by atoms with Gasteiger partial charge in [0.05, 0.1) is 11.4 Å². The normalized spacial score (nSPS) is 15.2. The van der Waals surface area contributed by atoms with E-state index in [1.165, 1.54) is 0 Å². The lowest BCUT2D eigenvalue weighted by Crippen LogP contribution is -2.40. The molecule has 2 aromatic rings. The van der Waals surface area contributed by atoms with Crippen molar-refractivity contribution < 1.29 is 13.2 Å². The van der Waals surface area contributed by atoms with Crippen LogP contribution in [0, 0.1) is 6.92 Å².